The van der Waals surface area contributed by atoms with Crippen LogP contribution in [0.25, 0.3) is 0 Å². The number of unbranched alkanes of at least 4 members (excludes halogenated alkanes) is 1. The molecule has 3 saturated carbocycles. The highest BCUT2D eigenvalue weighted by Gasteiger charge is 2.85. The summed E-state index contributed by atoms with van der Waals surface area (Å²) < 4.78 is 0. The molecule has 1 N–H and O–H groups in total. The van der Waals surface area contributed by atoms with Gasteiger partial charge in [-0.1, -0.05) is 65.5 Å². The fourth-order valence-electron chi connectivity index (χ4n) is 8.76. The molecule has 4 aliphatic carbocycles. The van der Waals surface area contributed by atoms with Crippen molar-refractivity contribution in [1.29, 1.82) is 0 Å². The molecule has 0 aliphatic heterocycles. The van der Waals surface area contributed by atoms with Crippen LogP contribution in [0.5, 0.6) is 0 Å². The molecule has 4 bridgehead atoms. The molecular formula is C27H40O4. The zero-order chi connectivity index (χ0) is 22.8. The molecule has 0 radical (unpaired) electrons. The third kappa shape index (κ3) is 2.63. The van der Waals surface area contributed by atoms with Crippen LogP contribution in [-0.4, -0.2) is 23.1 Å². The van der Waals surface area contributed by atoms with Gasteiger partial charge in [-0.05, 0) is 61.2 Å². The van der Waals surface area contributed by atoms with Crippen LogP contribution in [0.15, 0.2) is 11.6 Å². The van der Waals surface area contributed by atoms with Gasteiger partial charge >= 0.3 is 5.97 Å². The summed E-state index contributed by atoms with van der Waals surface area (Å²) in [7, 11) is 0. The molecule has 0 amide bonds. The van der Waals surface area contributed by atoms with Gasteiger partial charge in [0, 0.05) is 6.42 Å². The van der Waals surface area contributed by atoms with Crippen molar-refractivity contribution in [3.05, 3.63) is 11.6 Å². The maximum Gasteiger partial charge on any atom is 0.315 e. The van der Waals surface area contributed by atoms with E-state index in [0.717, 1.165) is 44.0 Å². The lowest BCUT2D eigenvalue weighted by Crippen LogP contribution is -2.64. The van der Waals surface area contributed by atoms with Crippen LogP contribution < -0.4 is 0 Å². The first-order valence-corrected chi connectivity index (χ1v) is 12.5. The Kier molecular flexibility index (Phi) is 5.54. The molecule has 3 fully saturated rings. The van der Waals surface area contributed by atoms with Crippen molar-refractivity contribution in [2.75, 3.05) is 0 Å². The van der Waals surface area contributed by atoms with E-state index in [4.69, 9.17) is 0 Å². The first kappa shape index (κ1) is 22.7. The van der Waals surface area contributed by atoms with Crippen molar-refractivity contribution in [2.45, 2.75) is 86.0 Å². The number of aliphatic carboxylic acids is 1. The minimum absolute atomic E-state index is 0.0178. The molecule has 4 nitrogen and oxygen atoms in total. The Bertz CT molecular complexity index is 810. The Morgan fingerprint density at radius 1 is 1.16 bits per heavy atom. The van der Waals surface area contributed by atoms with Crippen molar-refractivity contribution in [3.63, 3.8) is 0 Å². The predicted octanol–water partition coefficient (Wildman–Crippen LogP) is 5.70. The first-order chi connectivity index (χ1) is 14.6. The van der Waals surface area contributed by atoms with Crippen molar-refractivity contribution in [2.24, 2.45) is 51.8 Å². The van der Waals surface area contributed by atoms with Gasteiger partial charge in [-0.25, -0.2) is 0 Å². The fraction of sp³-hybridized carbons (Fsp3) is 0.815. The summed E-state index contributed by atoms with van der Waals surface area (Å²) in [6.07, 6.45) is 9.62. The second-order valence-electron chi connectivity index (χ2n) is 11.9. The summed E-state index contributed by atoms with van der Waals surface area (Å²) in [5.41, 5.74) is -2.35. The number of fused-ring (bicyclic) bond motifs is 2. The number of rotatable bonds is 9. The van der Waals surface area contributed by atoms with E-state index < -0.39 is 22.2 Å². The van der Waals surface area contributed by atoms with E-state index >= 15 is 0 Å². The van der Waals surface area contributed by atoms with Crippen LogP contribution in [0.3, 0.4) is 0 Å². The van der Waals surface area contributed by atoms with Crippen LogP contribution in [0, 0.1) is 51.8 Å². The highest BCUT2D eigenvalue weighted by atomic mass is 16.4. The second kappa shape index (κ2) is 7.56. The zero-order valence-corrected chi connectivity index (χ0v) is 19.9. The molecule has 0 saturated heterocycles. The molecule has 7 atom stereocenters. The molecular weight excluding hydrogens is 388 g/mol. The predicted molar refractivity (Wildman–Crippen MR) is 120 cm³/mol. The summed E-state index contributed by atoms with van der Waals surface area (Å²) in [4.78, 5) is 40.4. The van der Waals surface area contributed by atoms with Gasteiger partial charge < -0.3 is 9.90 Å². The zero-order valence-electron chi connectivity index (χ0n) is 19.9. The van der Waals surface area contributed by atoms with Crippen LogP contribution in [0.4, 0.5) is 0 Å². The van der Waals surface area contributed by atoms with Gasteiger partial charge in [0.25, 0.3) is 0 Å². The quantitative estimate of drug-likeness (QED) is 0.291. The lowest BCUT2D eigenvalue weighted by Gasteiger charge is -2.57. The lowest BCUT2D eigenvalue weighted by molar-refractivity contribution is -0.183. The number of ketones is 1. The van der Waals surface area contributed by atoms with Gasteiger partial charge in [-0.2, -0.15) is 0 Å². The van der Waals surface area contributed by atoms with Crippen molar-refractivity contribution < 1.29 is 19.5 Å². The van der Waals surface area contributed by atoms with Crippen LogP contribution in [0.2, 0.25) is 0 Å². The third-order valence-electron chi connectivity index (χ3n) is 9.86. The fourth-order valence-corrected chi connectivity index (χ4v) is 8.76. The summed E-state index contributed by atoms with van der Waals surface area (Å²) in [5.74, 6) is 0.528. The standard InChI is InChI=1S/C27H40O4/c1-16(2)8-6-7-9-23(29)26-14-20-18(5)10-11-21(20)25(15-28)13-19(26)12-22(17(3)4)27(25,26)24(30)31/h12,15-21H,6-11,13-14H2,1-5H3,(H,30,31)/t18-,19+,20-,21-,25+,26-,27+/m1/s1. The number of hydrogen-bond donors (Lipinski definition) is 1. The third-order valence-corrected chi connectivity index (χ3v) is 9.86. The Labute approximate surface area is 187 Å². The van der Waals surface area contributed by atoms with Gasteiger partial charge in [0.15, 0.2) is 0 Å². The van der Waals surface area contributed by atoms with Crippen LogP contribution in [0.1, 0.15) is 86.0 Å². The Balaban J connectivity index is 1.84. The molecule has 0 spiro atoms. The number of carbonyl (C=O) groups is 3. The molecule has 4 rings (SSSR count). The largest absolute Gasteiger partial charge is 0.481 e. The molecule has 4 heteroatoms. The Morgan fingerprint density at radius 2 is 1.87 bits per heavy atom. The molecule has 0 unspecified atom stereocenters. The molecule has 4 aliphatic rings. The summed E-state index contributed by atoms with van der Waals surface area (Å²) in [6.45, 7) is 10.7. The molecule has 0 heterocycles. The number of carbonyl (C=O) groups excluding carboxylic acids is 2. The first-order valence-electron chi connectivity index (χ1n) is 12.5. The Hall–Kier alpha value is -1.45. The summed E-state index contributed by atoms with van der Waals surface area (Å²) in [5, 5.41) is 10.9. The number of aldehydes is 1. The number of Topliss-reactive ketones (excluding diaryl/α,β-unsaturated/α-hetero) is 1. The van der Waals surface area contributed by atoms with Gasteiger partial charge in [0.2, 0.25) is 0 Å². The van der Waals surface area contributed by atoms with Crippen molar-refractivity contribution in [1.82, 2.24) is 0 Å². The normalized spacial score (nSPS) is 42.7. The molecule has 0 aromatic rings. The number of carboxylic acids is 1. The monoisotopic (exact) mass is 428 g/mol. The van der Waals surface area contributed by atoms with Gasteiger partial charge in [0.05, 0.1) is 10.8 Å². The summed E-state index contributed by atoms with van der Waals surface area (Å²) in [6, 6.07) is 0. The maximum absolute atomic E-state index is 14.1. The minimum Gasteiger partial charge on any atom is -0.481 e. The van der Waals surface area contributed by atoms with E-state index in [9.17, 15) is 19.5 Å². The maximum atomic E-state index is 14.1. The van der Waals surface area contributed by atoms with E-state index in [2.05, 4.69) is 26.8 Å². The van der Waals surface area contributed by atoms with E-state index in [1.54, 1.807) is 0 Å². The number of carboxylic acid groups (broad SMARTS) is 1. The average Bonchev–Trinajstić information content (AvgIpc) is 3.28. The highest BCUT2D eigenvalue weighted by molar-refractivity contribution is 6.01. The molecule has 0 aromatic heterocycles. The minimum atomic E-state index is -1.35. The lowest BCUT2D eigenvalue weighted by atomic mass is 9.42. The smallest absolute Gasteiger partial charge is 0.315 e. The van der Waals surface area contributed by atoms with Gasteiger partial charge in [-0.3, -0.25) is 9.59 Å². The Morgan fingerprint density at radius 3 is 2.45 bits per heavy atom. The van der Waals surface area contributed by atoms with Crippen LogP contribution >= 0.6 is 0 Å². The SMILES string of the molecule is CC(C)CCCCC(=O)[C@@]12C[C@@H]3[C@H](C)CC[C@H]3[C@@]3(C=O)C[C@@H]1C=C(C(C)C)[C@@]23C(=O)O. The second-order valence-corrected chi connectivity index (χ2v) is 11.9. The van der Waals surface area contributed by atoms with E-state index in [0.29, 0.717) is 31.1 Å². The van der Waals surface area contributed by atoms with E-state index in [1.165, 1.54) is 0 Å². The van der Waals surface area contributed by atoms with Crippen molar-refractivity contribution >= 4 is 18.0 Å². The topological polar surface area (TPSA) is 71.4 Å². The van der Waals surface area contributed by atoms with E-state index in [1.807, 2.05) is 13.8 Å². The average molecular weight is 429 g/mol. The van der Waals surface area contributed by atoms with Gasteiger partial charge in [0.1, 0.15) is 17.5 Å². The molecule has 31 heavy (non-hydrogen) atoms. The molecule has 172 valence electrons. The number of allylic oxidation sites excluding steroid dienone is 1. The van der Waals surface area contributed by atoms with Gasteiger partial charge in [-0.15, -0.1) is 0 Å². The summed E-state index contributed by atoms with van der Waals surface area (Å²) >= 11 is 0. The molecule has 0 aromatic carbocycles. The van der Waals surface area contributed by atoms with Crippen molar-refractivity contribution in [3.8, 4) is 0 Å². The highest BCUT2D eigenvalue weighted by Crippen LogP contribution is 2.83. The van der Waals surface area contributed by atoms with Crippen LogP contribution in [-0.2, 0) is 14.4 Å². The van der Waals surface area contributed by atoms with E-state index in [-0.39, 0.29) is 29.5 Å². The number of hydrogen-bond acceptors (Lipinski definition) is 3.